The molecule has 0 bridgehead atoms. The molecule has 0 spiro atoms. The number of pyridine rings is 1. The van der Waals surface area contributed by atoms with Crippen LogP contribution in [0.5, 0.6) is 5.75 Å². The van der Waals surface area contributed by atoms with Crippen molar-refractivity contribution in [3.8, 4) is 16.9 Å². The number of aromatic nitrogens is 1. The van der Waals surface area contributed by atoms with Crippen LogP contribution < -0.4 is 31.1 Å². The number of amides is 5. The Kier molecular flexibility index (Phi) is 13.3. The lowest BCUT2D eigenvalue weighted by Crippen LogP contribution is -2.54. The van der Waals surface area contributed by atoms with Crippen LogP contribution in [-0.2, 0) is 25.6 Å². The highest BCUT2D eigenvalue weighted by atomic mass is 16.5. The van der Waals surface area contributed by atoms with Gasteiger partial charge in [0.05, 0.1) is 24.3 Å². The molecule has 3 aromatic carbocycles. The van der Waals surface area contributed by atoms with Crippen LogP contribution in [0.15, 0.2) is 65.5 Å². The third-order valence-electron chi connectivity index (χ3n) is 11.5. The van der Waals surface area contributed by atoms with Crippen molar-refractivity contribution in [2.45, 2.75) is 72.0 Å². The predicted molar refractivity (Wildman–Crippen MR) is 229 cm³/mol. The van der Waals surface area contributed by atoms with Crippen molar-refractivity contribution in [2.75, 3.05) is 56.3 Å². The molecule has 15 heteroatoms. The first kappa shape index (κ1) is 42.8. The van der Waals surface area contributed by atoms with Gasteiger partial charge in [-0.1, -0.05) is 18.2 Å². The number of carbonyl (C=O) groups excluding carboxylic acids is 5. The zero-order chi connectivity index (χ0) is 43.2. The molecule has 7 rings (SSSR count). The largest absolute Gasteiger partial charge is 0.491 e. The molecule has 1 unspecified atom stereocenters. The van der Waals surface area contributed by atoms with Gasteiger partial charge in [0.15, 0.2) is 0 Å². The molecular formula is C46H52N6O9. The van der Waals surface area contributed by atoms with Gasteiger partial charge in [-0.05, 0) is 112 Å². The van der Waals surface area contributed by atoms with Crippen molar-refractivity contribution >= 4 is 40.9 Å². The van der Waals surface area contributed by atoms with E-state index < -0.39 is 29.7 Å². The minimum Gasteiger partial charge on any atom is -0.491 e. The van der Waals surface area contributed by atoms with Crippen molar-refractivity contribution in [3.05, 3.63) is 110 Å². The second-order valence-corrected chi connectivity index (χ2v) is 15.5. The summed E-state index contributed by atoms with van der Waals surface area (Å²) in [6, 6.07) is 17.8. The molecule has 2 saturated heterocycles. The van der Waals surface area contributed by atoms with Crippen LogP contribution in [-0.4, -0.2) is 97.6 Å². The number of H-pyrrole nitrogens is 1. The first-order chi connectivity index (χ1) is 29.4. The fourth-order valence-electron chi connectivity index (χ4n) is 8.37. The molecule has 15 nitrogen and oxygen atoms in total. The highest BCUT2D eigenvalue weighted by Crippen LogP contribution is 2.35. The van der Waals surface area contributed by atoms with Gasteiger partial charge in [-0.15, -0.1) is 0 Å². The molecule has 4 aromatic rings. The van der Waals surface area contributed by atoms with Gasteiger partial charge in [-0.2, -0.15) is 0 Å². The molecule has 1 atom stereocenters. The van der Waals surface area contributed by atoms with E-state index in [0.29, 0.717) is 55.5 Å². The molecule has 4 heterocycles. The maximum absolute atomic E-state index is 13.9. The summed E-state index contributed by atoms with van der Waals surface area (Å²) in [7, 11) is 0. The summed E-state index contributed by atoms with van der Waals surface area (Å²) < 4.78 is 17.4. The zero-order valence-electron chi connectivity index (χ0n) is 35.0. The summed E-state index contributed by atoms with van der Waals surface area (Å²) in [4.78, 5) is 83.3. The second-order valence-electron chi connectivity index (χ2n) is 15.5. The number of benzene rings is 3. The minimum atomic E-state index is -1.03. The number of rotatable bonds is 16. The van der Waals surface area contributed by atoms with Crippen LogP contribution in [0.1, 0.15) is 86.1 Å². The molecule has 2 fully saturated rings. The summed E-state index contributed by atoms with van der Waals surface area (Å²) in [5, 5.41) is 8.38. The molecule has 5 amide bonds. The SMILES string of the molecule is CCN(c1cc(-c2ccc(OCCOCCNc3cccc4c3C(=O)N(C3CCC(=O)NC3=O)C4=O)cc2)cc(C(=O)NCc2c(C)cc(C)[nH]c2=O)c1C)C1CCOCC1. The van der Waals surface area contributed by atoms with Crippen molar-refractivity contribution in [1.82, 2.24) is 20.5 Å². The van der Waals surface area contributed by atoms with Gasteiger partial charge >= 0.3 is 0 Å². The van der Waals surface area contributed by atoms with Gasteiger partial charge in [0.25, 0.3) is 23.3 Å². The first-order valence-corrected chi connectivity index (χ1v) is 20.8. The Balaban J connectivity index is 0.960. The molecule has 0 radical (unpaired) electrons. The third-order valence-corrected chi connectivity index (χ3v) is 11.5. The Morgan fingerprint density at radius 1 is 0.902 bits per heavy atom. The topological polar surface area (TPSA) is 188 Å². The number of hydrogen-bond acceptors (Lipinski definition) is 11. The fraction of sp³-hybridized carbons (Fsp3) is 0.391. The summed E-state index contributed by atoms with van der Waals surface area (Å²) in [6.45, 7) is 11.3. The minimum absolute atomic E-state index is 0.0506. The number of aryl methyl sites for hydroxylation is 2. The molecule has 3 aliphatic rings. The monoisotopic (exact) mass is 832 g/mol. The van der Waals surface area contributed by atoms with E-state index in [1.807, 2.05) is 57.2 Å². The van der Waals surface area contributed by atoms with Crippen molar-refractivity contribution in [1.29, 1.82) is 0 Å². The number of carbonyl (C=O) groups is 5. The standard InChI is InChI=1S/C46H52N6O9/c1-5-51(32-15-18-59-19-16-32)39-25-31(24-35(29(39)4)42(54)48-26-36-27(2)23-28(3)49-43(36)55)30-9-11-33(12-10-30)61-22-21-60-20-17-47-37-8-6-7-34-41(37)46(58)52(45(34)57)38-13-14-40(53)50-44(38)56/h6-12,23-25,32,38,47H,5,13-22,26H2,1-4H3,(H,48,54)(H,49,55)(H,50,53,56). The van der Waals surface area contributed by atoms with Crippen molar-refractivity contribution in [3.63, 3.8) is 0 Å². The number of hydrogen-bond donors (Lipinski definition) is 4. The third kappa shape index (κ3) is 9.37. The Morgan fingerprint density at radius 2 is 1.67 bits per heavy atom. The molecule has 0 aliphatic carbocycles. The highest BCUT2D eigenvalue weighted by molar-refractivity contribution is 6.25. The number of anilines is 2. The highest BCUT2D eigenvalue weighted by Gasteiger charge is 2.45. The van der Waals surface area contributed by atoms with E-state index in [-0.39, 0.29) is 54.6 Å². The van der Waals surface area contributed by atoms with E-state index >= 15 is 0 Å². The molecule has 0 saturated carbocycles. The van der Waals surface area contributed by atoms with Crippen LogP contribution in [0.2, 0.25) is 0 Å². The second kappa shape index (κ2) is 18.9. The van der Waals surface area contributed by atoms with E-state index in [4.69, 9.17) is 14.2 Å². The van der Waals surface area contributed by atoms with Crippen LogP contribution in [0.4, 0.5) is 11.4 Å². The molecular weight excluding hydrogens is 781 g/mol. The molecule has 4 N–H and O–H groups in total. The summed E-state index contributed by atoms with van der Waals surface area (Å²) >= 11 is 0. The van der Waals surface area contributed by atoms with E-state index in [2.05, 4.69) is 38.8 Å². The van der Waals surface area contributed by atoms with Gasteiger partial charge in [0, 0.05) is 73.5 Å². The van der Waals surface area contributed by atoms with E-state index in [0.717, 1.165) is 57.9 Å². The number of aromatic amines is 1. The lowest BCUT2D eigenvalue weighted by molar-refractivity contribution is -0.136. The smallest absolute Gasteiger partial charge is 0.264 e. The van der Waals surface area contributed by atoms with Crippen molar-refractivity contribution < 1.29 is 38.2 Å². The Hall–Kier alpha value is -6.32. The molecule has 3 aliphatic heterocycles. The lowest BCUT2D eigenvalue weighted by Gasteiger charge is -2.37. The maximum Gasteiger partial charge on any atom is 0.264 e. The quantitative estimate of drug-likeness (QED) is 0.0897. The number of ether oxygens (including phenoxy) is 3. The molecule has 1 aromatic heterocycles. The Labute approximate surface area is 354 Å². The van der Waals surface area contributed by atoms with Gasteiger partial charge in [-0.25, -0.2) is 0 Å². The average Bonchev–Trinajstić information content (AvgIpc) is 3.50. The number of nitrogens with zero attached hydrogens (tertiary/aromatic N) is 2. The van der Waals surface area contributed by atoms with Gasteiger partial charge in [0.2, 0.25) is 11.8 Å². The first-order valence-electron chi connectivity index (χ1n) is 20.8. The summed E-state index contributed by atoms with van der Waals surface area (Å²) in [6.07, 6.45) is 1.93. The van der Waals surface area contributed by atoms with Crippen LogP contribution in [0.3, 0.4) is 0 Å². The van der Waals surface area contributed by atoms with E-state index in [9.17, 15) is 28.8 Å². The van der Waals surface area contributed by atoms with E-state index in [1.54, 1.807) is 18.2 Å². The zero-order valence-corrected chi connectivity index (χ0v) is 35.0. The summed E-state index contributed by atoms with van der Waals surface area (Å²) in [5.41, 5.74) is 6.94. The van der Waals surface area contributed by atoms with Crippen LogP contribution in [0.25, 0.3) is 11.1 Å². The molecule has 61 heavy (non-hydrogen) atoms. The van der Waals surface area contributed by atoms with Gasteiger partial charge < -0.3 is 34.7 Å². The fourth-order valence-corrected chi connectivity index (χ4v) is 8.37. The van der Waals surface area contributed by atoms with Crippen LogP contribution >= 0.6 is 0 Å². The summed E-state index contributed by atoms with van der Waals surface area (Å²) in [5.74, 6) is -1.83. The average molecular weight is 833 g/mol. The maximum atomic E-state index is 13.9. The Bertz CT molecular complexity index is 2390. The van der Waals surface area contributed by atoms with Gasteiger partial charge in [-0.3, -0.25) is 39.0 Å². The number of fused-ring (bicyclic) bond motifs is 1. The van der Waals surface area contributed by atoms with Crippen molar-refractivity contribution in [2.24, 2.45) is 0 Å². The number of nitrogens with one attached hydrogen (secondary N) is 4. The van der Waals surface area contributed by atoms with Crippen LogP contribution in [0, 0.1) is 20.8 Å². The predicted octanol–water partition coefficient (Wildman–Crippen LogP) is 4.81. The number of piperidine rings is 1. The lowest BCUT2D eigenvalue weighted by atomic mass is 9.95. The molecule has 320 valence electrons. The normalized spacial score (nSPS) is 16.7. The van der Waals surface area contributed by atoms with Gasteiger partial charge in [0.1, 0.15) is 18.4 Å². The van der Waals surface area contributed by atoms with E-state index in [1.165, 1.54) is 0 Å². The number of imide groups is 2. The Morgan fingerprint density at radius 3 is 2.39 bits per heavy atom.